The highest BCUT2D eigenvalue weighted by atomic mass is 35.5. The van der Waals surface area contributed by atoms with Gasteiger partial charge >= 0.3 is 0 Å². The van der Waals surface area contributed by atoms with Crippen molar-refractivity contribution in [2.24, 2.45) is 5.92 Å². The summed E-state index contributed by atoms with van der Waals surface area (Å²) in [5, 5.41) is 3.74. The van der Waals surface area contributed by atoms with Crippen LogP contribution < -0.4 is 5.32 Å². The maximum absolute atomic E-state index is 12.8. The van der Waals surface area contributed by atoms with Crippen molar-refractivity contribution in [2.75, 3.05) is 18.4 Å². The second kappa shape index (κ2) is 9.24. The number of nitrogens with zero attached hydrogens (tertiary/aromatic N) is 1. The number of likely N-dealkylation sites (tertiary alicyclic amines) is 1. The van der Waals surface area contributed by atoms with Crippen molar-refractivity contribution >= 4 is 29.1 Å². The van der Waals surface area contributed by atoms with Crippen LogP contribution in [0.4, 0.5) is 5.69 Å². The Labute approximate surface area is 171 Å². The lowest BCUT2D eigenvalue weighted by atomic mass is 9.93. The Kier molecular flexibility index (Phi) is 6.74. The zero-order valence-corrected chi connectivity index (χ0v) is 17.2. The molecule has 1 N–H and O–H groups in total. The zero-order valence-electron chi connectivity index (χ0n) is 16.5. The molecule has 28 heavy (non-hydrogen) atoms. The molecule has 148 valence electrons. The zero-order chi connectivity index (χ0) is 20.1. The average Bonchev–Trinajstić information content (AvgIpc) is 2.73. The number of anilines is 1. The third-order valence-electron chi connectivity index (χ3n) is 5.61. The standard InChI is InChI=1S/C23H27ClN2O2/c1-3-16(2)20-6-4-5-7-21(20)25-22(27)17-12-14-26(15-13-17)23(28)18-8-10-19(24)11-9-18/h4-11,16-17H,3,12-15H2,1-2H3,(H,25,27)/t16-/m0/s1. The van der Waals surface area contributed by atoms with Crippen molar-refractivity contribution in [1.82, 2.24) is 4.90 Å². The first-order valence-electron chi connectivity index (χ1n) is 9.94. The number of hydrogen-bond acceptors (Lipinski definition) is 2. The largest absolute Gasteiger partial charge is 0.339 e. The fourth-order valence-electron chi connectivity index (χ4n) is 3.62. The van der Waals surface area contributed by atoms with Crippen LogP contribution in [0.2, 0.25) is 5.02 Å². The topological polar surface area (TPSA) is 49.4 Å². The Bertz CT molecular complexity index is 827. The number of para-hydroxylation sites is 1. The fourth-order valence-corrected chi connectivity index (χ4v) is 3.74. The molecular formula is C23H27ClN2O2. The third kappa shape index (κ3) is 4.74. The molecule has 1 fully saturated rings. The molecule has 5 heteroatoms. The van der Waals surface area contributed by atoms with Gasteiger partial charge in [0.25, 0.3) is 5.91 Å². The molecule has 0 radical (unpaired) electrons. The van der Waals surface area contributed by atoms with Gasteiger partial charge in [0.1, 0.15) is 0 Å². The van der Waals surface area contributed by atoms with E-state index in [1.165, 1.54) is 5.56 Å². The Balaban J connectivity index is 1.58. The van der Waals surface area contributed by atoms with Gasteiger partial charge in [0.05, 0.1) is 0 Å². The summed E-state index contributed by atoms with van der Waals surface area (Å²) in [5.41, 5.74) is 2.71. The number of halogens is 1. The first-order valence-corrected chi connectivity index (χ1v) is 10.3. The van der Waals surface area contributed by atoms with E-state index in [4.69, 9.17) is 11.6 Å². The molecule has 1 aliphatic heterocycles. The van der Waals surface area contributed by atoms with Crippen molar-refractivity contribution in [1.29, 1.82) is 0 Å². The SMILES string of the molecule is CC[C@H](C)c1ccccc1NC(=O)C1CCN(C(=O)c2ccc(Cl)cc2)CC1. The van der Waals surface area contributed by atoms with Gasteiger partial charge in [-0.2, -0.15) is 0 Å². The van der Waals surface area contributed by atoms with Gasteiger partial charge in [0.15, 0.2) is 0 Å². The van der Waals surface area contributed by atoms with Gasteiger partial charge in [0, 0.05) is 35.3 Å². The summed E-state index contributed by atoms with van der Waals surface area (Å²) in [6.07, 6.45) is 2.38. The molecule has 0 unspecified atom stereocenters. The predicted octanol–water partition coefficient (Wildman–Crippen LogP) is 5.34. The van der Waals surface area contributed by atoms with Gasteiger partial charge in [-0.1, -0.05) is 43.6 Å². The molecular weight excluding hydrogens is 372 g/mol. The highest BCUT2D eigenvalue weighted by molar-refractivity contribution is 6.30. The van der Waals surface area contributed by atoms with Crippen LogP contribution in [0.25, 0.3) is 0 Å². The number of nitrogens with one attached hydrogen (secondary N) is 1. The number of hydrogen-bond donors (Lipinski definition) is 1. The van der Waals surface area contributed by atoms with Crippen LogP contribution in [-0.4, -0.2) is 29.8 Å². The summed E-state index contributed by atoms with van der Waals surface area (Å²) in [4.78, 5) is 27.2. The molecule has 0 bridgehead atoms. The van der Waals surface area contributed by atoms with Crippen molar-refractivity contribution < 1.29 is 9.59 Å². The molecule has 1 atom stereocenters. The molecule has 2 aromatic carbocycles. The normalized spacial score (nSPS) is 15.9. The Morgan fingerprint density at radius 3 is 2.39 bits per heavy atom. The van der Waals surface area contributed by atoms with E-state index in [9.17, 15) is 9.59 Å². The number of rotatable bonds is 5. The van der Waals surface area contributed by atoms with Gasteiger partial charge in [-0.05, 0) is 61.1 Å². The van der Waals surface area contributed by atoms with E-state index < -0.39 is 0 Å². The lowest BCUT2D eigenvalue weighted by Gasteiger charge is -2.31. The summed E-state index contributed by atoms with van der Waals surface area (Å²) in [6.45, 7) is 5.50. The number of amides is 2. The number of piperidine rings is 1. The fraction of sp³-hybridized carbons (Fsp3) is 0.391. The molecule has 0 spiro atoms. The van der Waals surface area contributed by atoms with Crippen molar-refractivity contribution in [2.45, 2.75) is 39.0 Å². The maximum Gasteiger partial charge on any atom is 0.253 e. The van der Waals surface area contributed by atoms with Crippen LogP contribution in [-0.2, 0) is 4.79 Å². The van der Waals surface area contributed by atoms with Gasteiger partial charge in [-0.15, -0.1) is 0 Å². The quantitative estimate of drug-likeness (QED) is 0.738. The van der Waals surface area contributed by atoms with Gasteiger partial charge < -0.3 is 10.2 Å². The number of carbonyl (C=O) groups excluding carboxylic acids is 2. The predicted molar refractivity (Wildman–Crippen MR) is 114 cm³/mol. The second-order valence-corrected chi connectivity index (χ2v) is 7.90. The lowest BCUT2D eigenvalue weighted by Crippen LogP contribution is -2.41. The number of benzene rings is 2. The van der Waals surface area contributed by atoms with Gasteiger partial charge in [-0.3, -0.25) is 9.59 Å². The Morgan fingerprint density at radius 1 is 1.11 bits per heavy atom. The Hall–Kier alpha value is -2.33. The minimum atomic E-state index is -0.0701. The molecule has 0 aliphatic carbocycles. The van der Waals surface area contributed by atoms with Crippen LogP contribution in [0.5, 0.6) is 0 Å². The minimum Gasteiger partial charge on any atom is -0.339 e. The lowest BCUT2D eigenvalue weighted by molar-refractivity contribution is -0.121. The van der Waals surface area contributed by atoms with Crippen molar-refractivity contribution in [3.8, 4) is 0 Å². The van der Waals surface area contributed by atoms with E-state index in [-0.39, 0.29) is 17.7 Å². The minimum absolute atomic E-state index is 0.00218. The first-order chi connectivity index (χ1) is 13.5. The monoisotopic (exact) mass is 398 g/mol. The highest BCUT2D eigenvalue weighted by Crippen LogP contribution is 2.28. The van der Waals surface area contributed by atoms with Crippen LogP contribution in [0.1, 0.15) is 54.9 Å². The molecule has 0 aromatic heterocycles. The smallest absolute Gasteiger partial charge is 0.253 e. The van der Waals surface area contributed by atoms with E-state index in [1.807, 2.05) is 23.1 Å². The second-order valence-electron chi connectivity index (χ2n) is 7.46. The van der Waals surface area contributed by atoms with E-state index in [1.54, 1.807) is 24.3 Å². The van der Waals surface area contributed by atoms with Gasteiger partial charge in [0.2, 0.25) is 5.91 Å². The third-order valence-corrected chi connectivity index (χ3v) is 5.86. The summed E-state index contributed by atoms with van der Waals surface area (Å²) in [6, 6.07) is 15.0. The average molecular weight is 399 g/mol. The van der Waals surface area contributed by atoms with E-state index in [0.29, 0.717) is 42.4 Å². The van der Waals surface area contributed by atoms with Crippen LogP contribution in [0.15, 0.2) is 48.5 Å². The van der Waals surface area contributed by atoms with E-state index in [2.05, 4.69) is 25.2 Å². The molecule has 1 aliphatic rings. The highest BCUT2D eigenvalue weighted by Gasteiger charge is 2.28. The van der Waals surface area contributed by atoms with Crippen LogP contribution in [0.3, 0.4) is 0 Å². The summed E-state index contributed by atoms with van der Waals surface area (Å²) >= 11 is 5.89. The number of carbonyl (C=O) groups is 2. The van der Waals surface area contributed by atoms with Crippen molar-refractivity contribution in [3.05, 3.63) is 64.7 Å². The molecule has 1 heterocycles. The van der Waals surface area contributed by atoms with E-state index >= 15 is 0 Å². The molecule has 4 nitrogen and oxygen atoms in total. The summed E-state index contributed by atoms with van der Waals surface area (Å²) in [7, 11) is 0. The Morgan fingerprint density at radius 2 is 1.75 bits per heavy atom. The van der Waals surface area contributed by atoms with Crippen LogP contribution >= 0.6 is 11.6 Å². The molecule has 0 saturated carbocycles. The summed E-state index contributed by atoms with van der Waals surface area (Å²) < 4.78 is 0. The van der Waals surface area contributed by atoms with Crippen molar-refractivity contribution in [3.63, 3.8) is 0 Å². The van der Waals surface area contributed by atoms with Gasteiger partial charge in [-0.25, -0.2) is 0 Å². The summed E-state index contributed by atoms with van der Waals surface area (Å²) in [5.74, 6) is 0.376. The first kappa shape index (κ1) is 20.4. The molecule has 2 aromatic rings. The molecule has 2 amide bonds. The molecule has 3 rings (SSSR count). The van der Waals surface area contributed by atoms with Crippen LogP contribution in [0, 0.1) is 5.92 Å². The maximum atomic E-state index is 12.8. The van der Waals surface area contributed by atoms with E-state index in [0.717, 1.165) is 12.1 Å². The molecule has 1 saturated heterocycles.